The molecule has 0 rings (SSSR count). The van der Waals surface area contributed by atoms with Crippen LogP contribution in [0.15, 0.2) is 0 Å². The first-order valence-electron chi connectivity index (χ1n) is 7.56. The van der Waals surface area contributed by atoms with Crippen molar-refractivity contribution in [1.29, 1.82) is 0 Å². The van der Waals surface area contributed by atoms with Gasteiger partial charge < -0.3 is 10.2 Å². The highest BCUT2D eigenvalue weighted by Crippen LogP contribution is 2.26. The van der Waals surface area contributed by atoms with Crippen LogP contribution >= 0.6 is 0 Å². The third-order valence-corrected chi connectivity index (χ3v) is 3.91. The fourth-order valence-corrected chi connectivity index (χ4v) is 3.13. The third kappa shape index (κ3) is 7.38. The summed E-state index contributed by atoms with van der Waals surface area (Å²) >= 11 is 0. The highest BCUT2D eigenvalue weighted by atomic mass is 16.3. The first kappa shape index (κ1) is 17.9. The van der Waals surface area contributed by atoms with Crippen LogP contribution in [0, 0.1) is 29.6 Å². The minimum absolute atomic E-state index is 0.0136. The van der Waals surface area contributed by atoms with E-state index in [-0.39, 0.29) is 24.5 Å². The van der Waals surface area contributed by atoms with Crippen LogP contribution < -0.4 is 0 Å². The van der Waals surface area contributed by atoms with Crippen molar-refractivity contribution in [1.82, 2.24) is 0 Å². The molecular weight excluding hydrogens is 224 g/mol. The van der Waals surface area contributed by atoms with E-state index in [1.807, 2.05) is 6.92 Å². The first-order valence-corrected chi connectivity index (χ1v) is 7.56. The molecule has 5 atom stereocenters. The molecule has 0 aliphatic carbocycles. The van der Waals surface area contributed by atoms with Gasteiger partial charge in [0.2, 0.25) is 0 Å². The normalized spacial score (nSPS) is 20.5. The number of aliphatic hydroxyl groups is 2. The Morgan fingerprint density at radius 1 is 0.722 bits per heavy atom. The summed E-state index contributed by atoms with van der Waals surface area (Å²) in [6.45, 7) is 13.2. The van der Waals surface area contributed by atoms with Crippen molar-refractivity contribution < 1.29 is 10.2 Å². The van der Waals surface area contributed by atoms with Crippen LogP contribution in [0.25, 0.3) is 0 Å². The maximum atomic E-state index is 10.1. The van der Waals surface area contributed by atoms with E-state index in [9.17, 15) is 5.11 Å². The SMILES string of the molecule is CC(C)C[C@@H](C)C[C@@H](C)C[C@@H](C)[C@H](O)[C@H](C)CO. The van der Waals surface area contributed by atoms with E-state index in [1.165, 1.54) is 12.8 Å². The quantitative estimate of drug-likeness (QED) is 0.662. The van der Waals surface area contributed by atoms with Crippen molar-refractivity contribution in [3.05, 3.63) is 0 Å². The average molecular weight is 258 g/mol. The van der Waals surface area contributed by atoms with Crippen LogP contribution in [0.1, 0.15) is 60.8 Å². The third-order valence-electron chi connectivity index (χ3n) is 3.91. The lowest BCUT2D eigenvalue weighted by Gasteiger charge is -2.27. The molecule has 0 saturated carbocycles. The predicted molar refractivity (Wildman–Crippen MR) is 78.4 cm³/mol. The molecule has 0 aliphatic rings. The topological polar surface area (TPSA) is 40.5 Å². The second-order valence-electron chi connectivity index (χ2n) is 6.94. The van der Waals surface area contributed by atoms with Gasteiger partial charge in [-0.05, 0) is 42.9 Å². The van der Waals surface area contributed by atoms with Gasteiger partial charge in [-0.25, -0.2) is 0 Å². The molecule has 0 spiro atoms. The van der Waals surface area contributed by atoms with Gasteiger partial charge in [-0.15, -0.1) is 0 Å². The lowest BCUT2D eigenvalue weighted by molar-refractivity contribution is 0.0278. The Kier molecular flexibility index (Phi) is 8.89. The largest absolute Gasteiger partial charge is 0.396 e. The highest BCUT2D eigenvalue weighted by Gasteiger charge is 2.23. The zero-order chi connectivity index (χ0) is 14.3. The van der Waals surface area contributed by atoms with E-state index >= 15 is 0 Å². The van der Waals surface area contributed by atoms with E-state index in [2.05, 4.69) is 34.6 Å². The van der Waals surface area contributed by atoms with Gasteiger partial charge in [0.15, 0.2) is 0 Å². The summed E-state index contributed by atoms with van der Waals surface area (Å²) in [5.41, 5.74) is 0. The summed E-state index contributed by atoms with van der Waals surface area (Å²) in [5, 5.41) is 19.1. The molecule has 0 heterocycles. The second-order valence-corrected chi connectivity index (χ2v) is 6.94. The van der Waals surface area contributed by atoms with Crippen molar-refractivity contribution in [2.24, 2.45) is 29.6 Å². The van der Waals surface area contributed by atoms with Crippen molar-refractivity contribution in [3.8, 4) is 0 Å². The summed E-state index contributed by atoms with van der Waals surface area (Å²) < 4.78 is 0. The summed E-state index contributed by atoms with van der Waals surface area (Å²) in [6, 6.07) is 0. The van der Waals surface area contributed by atoms with Gasteiger partial charge in [0.1, 0.15) is 0 Å². The summed E-state index contributed by atoms with van der Waals surface area (Å²) in [7, 11) is 0. The van der Waals surface area contributed by atoms with Gasteiger partial charge >= 0.3 is 0 Å². The molecule has 18 heavy (non-hydrogen) atoms. The van der Waals surface area contributed by atoms with Crippen molar-refractivity contribution >= 4 is 0 Å². The molecule has 2 nitrogen and oxygen atoms in total. The molecule has 2 N–H and O–H groups in total. The fraction of sp³-hybridized carbons (Fsp3) is 1.00. The van der Waals surface area contributed by atoms with Gasteiger partial charge in [0.05, 0.1) is 6.10 Å². The zero-order valence-corrected chi connectivity index (χ0v) is 13.2. The number of hydrogen-bond donors (Lipinski definition) is 2. The van der Waals surface area contributed by atoms with E-state index in [4.69, 9.17) is 5.11 Å². The lowest BCUT2D eigenvalue weighted by atomic mass is 9.82. The van der Waals surface area contributed by atoms with Gasteiger partial charge in [-0.1, -0.05) is 41.5 Å². The molecule has 0 aromatic rings. The minimum atomic E-state index is -0.377. The first-order chi connectivity index (χ1) is 8.27. The molecule has 0 amide bonds. The van der Waals surface area contributed by atoms with E-state index < -0.39 is 0 Å². The molecule has 0 bridgehead atoms. The Hall–Kier alpha value is -0.0800. The van der Waals surface area contributed by atoms with Gasteiger partial charge in [-0.2, -0.15) is 0 Å². The molecule has 0 aromatic heterocycles. The van der Waals surface area contributed by atoms with Crippen LogP contribution in [0.3, 0.4) is 0 Å². The Balaban J connectivity index is 4.03. The standard InChI is InChI=1S/C16H34O2/c1-11(2)7-12(3)8-13(4)9-14(5)16(18)15(6)10-17/h11-18H,7-10H2,1-6H3/t12-,13-,14-,15-,16+/m1/s1. The summed E-state index contributed by atoms with van der Waals surface area (Å²) in [5.74, 6) is 2.44. The monoisotopic (exact) mass is 258 g/mol. The fourth-order valence-electron chi connectivity index (χ4n) is 3.13. The van der Waals surface area contributed by atoms with Crippen molar-refractivity contribution in [2.45, 2.75) is 66.9 Å². The van der Waals surface area contributed by atoms with Crippen LogP contribution in [0.2, 0.25) is 0 Å². The zero-order valence-electron chi connectivity index (χ0n) is 13.2. The van der Waals surface area contributed by atoms with Crippen molar-refractivity contribution in [2.75, 3.05) is 6.61 Å². The van der Waals surface area contributed by atoms with E-state index in [0.717, 1.165) is 18.3 Å². The highest BCUT2D eigenvalue weighted by molar-refractivity contribution is 4.73. The lowest BCUT2D eigenvalue weighted by Crippen LogP contribution is -2.29. The van der Waals surface area contributed by atoms with Crippen LogP contribution in [-0.2, 0) is 0 Å². The van der Waals surface area contributed by atoms with Gasteiger partial charge in [0, 0.05) is 12.5 Å². The summed E-state index contributed by atoms with van der Waals surface area (Å²) in [4.78, 5) is 0. The van der Waals surface area contributed by atoms with E-state index in [1.54, 1.807) is 0 Å². The Bertz CT molecular complexity index is 203. The summed E-state index contributed by atoms with van der Waals surface area (Å²) in [6.07, 6.45) is 3.20. The Morgan fingerprint density at radius 3 is 1.67 bits per heavy atom. The molecular formula is C16H34O2. The molecule has 2 heteroatoms. The van der Waals surface area contributed by atoms with Gasteiger partial charge in [-0.3, -0.25) is 0 Å². The number of rotatable bonds is 9. The number of aliphatic hydroxyl groups excluding tert-OH is 2. The molecule has 0 unspecified atom stereocenters. The Labute approximate surface area is 114 Å². The molecule has 0 aromatic carbocycles. The van der Waals surface area contributed by atoms with Crippen molar-refractivity contribution in [3.63, 3.8) is 0 Å². The smallest absolute Gasteiger partial charge is 0.0613 e. The molecule has 0 aliphatic heterocycles. The van der Waals surface area contributed by atoms with Crippen LogP contribution in [-0.4, -0.2) is 22.9 Å². The second kappa shape index (κ2) is 8.92. The maximum absolute atomic E-state index is 10.1. The average Bonchev–Trinajstić information content (AvgIpc) is 2.25. The van der Waals surface area contributed by atoms with Gasteiger partial charge in [0.25, 0.3) is 0 Å². The maximum Gasteiger partial charge on any atom is 0.0613 e. The minimum Gasteiger partial charge on any atom is -0.396 e. The molecule has 110 valence electrons. The predicted octanol–water partition coefficient (Wildman–Crippen LogP) is 3.71. The van der Waals surface area contributed by atoms with E-state index in [0.29, 0.717) is 5.92 Å². The molecule has 0 saturated heterocycles. The number of hydrogen-bond acceptors (Lipinski definition) is 2. The molecule has 0 fully saturated rings. The molecule has 0 radical (unpaired) electrons. The van der Waals surface area contributed by atoms with Crippen LogP contribution in [0.5, 0.6) is 0 Å². The Morgan fingerprint density at radius 2 is 1.22 bits per heavy atom. The van der Waals surface area contributed by atoms with Crippen LogP contribution in [0.4, 0.5) is 0 Å².